The Bertz CT molecular complexity index is 305. The minimum absolute atomic E-state index is 0.778. The van der Waals surface area contributed by atoms with Gasteiger partial charge in [0.05, 0.1) is 5.56 Å². The lowest BCUT2D eigenvalue weighted by Gasteiger charge is -1.90. The summed E-state index contributed by atoms with van der Waals surface area (Å²) in [5, 5.41) is 3.03. The van der Waals surface area contributed by atoms with E-state index in [1.807, 2.05) is 14.0 Å². The van der Waals surface area contributed by atoms with Gasteiger partial charge in [-0.2, -0.15) is 0 Å². The molecular weight excluding hydrogens is 162 g/mol. The van der Waals surface area contributed by atoms with Crippen LogP contribution in [-0.4, -0.2) is 23.6 Å². The van der Waals surface area contributed by atoms with E-state index in [1.165, 1.54) is 0 Å². The summed E-state index contributed by atoms with van der Waals surface area (Å²) in [6, 6.07) is 0. The van der Waals surface area contributed by atoms with E-state index in [-0.39, 0.29) is 0 Å². The van der Waals surface area contributed by atoms with Crippen LogP contribution in [0.3, 0.4) is 0 Å². The van der Waals surface area contributed by atoms with Gasteiger partial charge in [0.2, 0.25) is 0 Å². The van der Waals surface area contributed by atoms with Gasteiger partial charge >= 0.3 is 0 Å². The fraction of sp³-hybridized carbons (Fsp3) is 0.400. The Morgan fingerprint density at radius 1 is 1.38 bits per heavy atom. The molecule has 0 amide bonds. The van der Waals surface area contributed by atoms with Crippen LogP contribution in [0.2, 0.25) is 0 Å². The second-order valence-electron chi connectivity index (χ2n) is 2.67. The maximum atomic E-state index is 4.05. The van der Waals surface area contributed by atoms with Crippen LogP contribution < -0.4 is 5.32 Å². The average Bonchev–Trinajstić information content (AvgIpc) is 2.15. The summed E-state index contributed by atoms with van der Waals surface area (Å²) in [5.41, 5.74) is 0.877. The van der Waals surface area contributed by atoms with Crippen molar-refractivity contribution in [3.63, 3.8) is 0 Å². The van der Waals surface area contributed by atoms with Gasteiger partial charge in [0.25, 0.3) is 0 Å². The second-order valence-corrected chi connectivity index (χ2v) is 2.67. The maximum Gasteiger partial charge on any atom is 0.125 e. The Kier molecular flexibility index (Phi) is 3.94. The summed E-state index contributed by atoms with van der Waals surface area (Å²) in [5.74, 6) is 6.80. The van der Waals surface area contributed by atoms with Gasteiger partial charge in [0.1, 0.15) is 5.82 Å². The zero-order valence-electron chi connectivity index (χ0n) is 7.96. The number of rotatable bonds is 2. The first-order chi connectivity index (χ1) is 6.33. The van der Waals surface area contributed by atoms with Crippen molar-refractivity contribution in [1.82, 2.24) is 15.3 Å². The molecular formula is C10H13N3. The van der Waals surface area contributed by atoms with Crippen LogP contribution in [0.5, 0.6) is 0 Å². The molecule has 0 atom stereocenters. The van der Waals surface area contributed by atoms with Gasteiger partial charge in [-0.25, -0.2) is 9.97 Å². The molecule has 1 rings (SSSR count). The average molecular weight is 175 g/mol. The van der Waals surface area contributed by atoms with Crippen molar-refractivity contribution < 1.29 is 0 Å². The van der Waals surface area contributed by atoms with E-state index in [1.54, 1.807) is 12.4 Å². The van der Waals surface area contributed by atoms with E-state index in [9.17, 15) is 0 Å². The Morgan fingerprint density at radius 3 is 2.69 bits per heavy atom. The number of aromatic nitrogens is 2. The molecule has 0 fully saturated rings. The van der Waals surface area contributed by atoms with Crippen molar-refractivity contribution in [2.75, 3.05) is 13.6 Å². The molecule has 0 aliphatic rings. The fourth-order valence-corrected chi connectivity index (χ4v) is 0.809. The van der Waals surface area contributed by atoms with Gasteiger partial charge in [-0.3, -0.25) is 0 Å². The molecule has 1 aromatic rings. The molecule has 0 saturated heterocycles. The van der Waals surface area contributed by atoms with Crippen LogP contribution >= 0.6 is 0 Å². The molecule has 0 spiro atoms. The lowest BCUT2D eigenvalue weighted by atomic mass is 10.3. The second kappa shape index (κ2) is 5.28. The topological polar surface area (TPSA) is 37.8 Å². The summed E-state index contributed by atoms with van der Waals surface area (Å²) >= 11 is 0. The van der Waals surface area contributed by atoms with Gasteiger partial charge in [-0.05, 0) is 14.0 Å². The Balaban J connectivity index is 2.52. The predicted molar refractivity (Wildman–Crippen MR) is 52.2 cm³/mol. The van der Waals surface area contributed by atoms with Crippen LogP contribution in [0.1, 0.15) is 17.8 Å². The van der Waals surface area contributed by atoms with Crippen molar-refractivity contribution in [2.45, 2.75) is 13.3 Å². The quantitative estimate of drug-likeness (QED) is 0.532. The van der Waals surface area contributed by atoms with Crippen molar-refractivity contribution in [3.8, 4) is 11.8 Å². The highest BCUT2D eigenvalue weighted by Crippen LogP contribution is 1.92. The molecule has 0 radical (unpaired) electrons. The molecule has 13 heavy (non-hydrogen) atoms. The van der Waals surface area contributed by atoms with Crippen molar-refractivity contribution >= 4 is 0 Å². The largest absolute Gasteiger partial charge is 0.319 e. The van der Waals surface area contributed by atoms with Crippen molar-refractivity contribution in [3.05, 3.63) is 23.8 Å². The van der Waals surface area contributed by atoms with E-state index < -0.39 is 0 Å². The summed E-state index contributed by atoms with van der Waals surface area (Å²) in [4.78, 5) is 8.10. The maximum absolute atomic E-state index is 4.05. The highest BCUT2D eigenvalue weighted by molar-refractivity contribution is 5.29. The third kappa shape index (κ3) is 3.68. The van der Waals surface area contributed by atoms with Gasteiger partial charge in [0, 0.05) is 25.4 Å². The molecule has 1 aromatic heterocycles. The standard InChI is InChI=1S/C10H13N3/c1-9-12-7-10(8-13-9)5-3-4-6-11-2/h7-8,11H,4,6H2,1-2H3. The monoisotopic (exact) mass is 175 g/mol. The first-order valence-electron chi connectivity index (χ1n) is 4.25. The third-order valence-corrected chi connectivity index (χ3v) is 1.51. The number of nitrogens with zero attached hydrogens (tertiary/aromatic N) is 2. The Labute approximate surface area is 78.6 Å². The Hall–Kier alpha value is -1.40. The summed E-state index contributed by atoms with van der Waals surface area (Å²) in [7, 11) is 1.91. The molecule has 0 aromatic carbocycles. The van der Waals surface area contributed by atoms with Gasteiger partial charge in [-0.1, -0.05) is 11.8 Å². The summed E-state index contributed by atoms with van der Waals surface area (Å²) in [6.45, 7) is 2.78. The Morgan fingerprint density at radius 2 is 2.08 bits per heavy atom. The molecule has 3 heteroatoms. The molecule has 0 saturated carbocycles. The van der Waals surface area contributed by atoms with Crippen LogP contribution in [-0.2, 0) is 0 Å². The fourth-order valence-electron chi connectivity index (χ4n) is 0.809. The van der Waals surface area contributed by atoms with Crippen LogP contribution in [0, 0.1) is 18.8 Å². The highest BCUT2D eigenvalue weighted by Gasteiger charge is 1.87. The minimum atomic E-state index is 0.778. The first-order valence-corrected chi connectivity index (χ1v) is 4.25. The molecule has 3 nitrogen and oxygen atoms in total. The highest BCUT2D eigenvalue weighted by atomic mass is 14.8. The zero-order chi connectivity index (χ0) is 9.52. The number of hydrogen-bond donors (Lipinski definition) is 1. The van der Waals surface area contributed by atoms with Gasteiger partial charge < -0.3 is 5.32 Å². The molecule has 68 valence electrons. The number of hydrogen-bond acceptors (Lipinski definition) is 3. The van der Waals surface area contributed by atoms with E-state index >= 15 is 0 Å². The number of aryl methyl sites for hydroxylation is 1. The van der Waals surface area contributed by atoms with E-state index in [2.05, 4.69) is 27.1 Å². The third-order valence-electron chi connectivity index (χ3n) is 1.51. The lowest BCUT2D eigenvalue weighted by molar-refractivity contribution is 0.818. The summed E-state index contributed by atoms with van der Waals surface area (Å²) in [6.07, 6.45) is 4.34. The van der Waals surface area contributed by atoms with Gasteiger partial charge in [0.15, 0.2) is 0 Å². The first kappa shape index (κ1) is 9.69. The zero-order valence-corrected chi connectivity index (χ0v) is 7.96. The van der Waals surface area contributed by atoms with Crippen molar-refractivity contribution in [2.24, 2.45) is 0 Å². The molecule has 0 unspecified atom stereocenters. The van der Waals surface area contributed by atoms with E-state index in [4.69, 9.17) is 0 Å². The number of nitrogens with one attached hydrogen (secondary N) is 1. The predicted octanol–water partition coefficient (Wildman–Crippen LogP) is 0.746. The summed E-state index contributed by atoms with van der Waals surface area (Å²) < 4.78 is 0. The normalized spacial score (nSPS) is 9.08. The van der Waals surface area contributed by atoms with Crippen LogP contribution in [0.15, 0.2) is 12.4 Å². The van der Waals surface area contributed by atoms with E-state index in [0.29, 0.717) is 0 Å². The van der Waals surface area contributed by atoms with Gasteiger partial charge in [-0.15, -0.1) is 0 Å². The smallest absolute Gasteiger partial charge is 0.125 e. The van der Waals surface area contributed by atoms with Crippen LogP contribution in [0.25, 0.3) is 0 Å². The van der Waals surface area contributed by atoms with Crippen molar-refractivity contribution in [1.29, 1.82) is 0 Å². The SMILES string of the molecule is CNCCC#Cc1cnc(C)nc1. The van der Waals surface area contributed by atoms with Crippen LogP contribution in [0.4, 0.5) is 0 Å². The molecule has 0 aliphatic heterocycles. The minimum Gasteiger partial charge on any atom is -0.319 e. The molecule has 1 heterocycles. The van der Waals surface area contributed by atoms with E-state index in [0.717, 1.165) is 24.4 Å². The lowest BCUT2D eigenvalue weighted by Crippen LogP contribution is -2.05. The molecule has 0 aliphatic carbocycles. The molecule has 1 N–H and O–H groups in total. The molecule has 0 bridgehead atoms.